The summed E-state index contributed by atoms with van der Waals surface area (Å²) in [7, 11) is 0. The lowest BCUT2D eigenvalue weighted by molar-refractivity contribution is -0.303. The largest absolute Gasteiger partial charge is 0.394 e. The standard InChI is InChI=1S/C54H103NO10/c1-3-5-7-9-11-13-15-17-19-21-23-24-26-28-30-32-34-36-38-40-42-47(58)53(63)55-45(44-64-54-52(62)51(61)50(60)48(43-56)65-54)49(59)46(57)41-39-37-35-33-31-29-27-25-22-20-18-16-14-12-10-8-6-4-2/h5,7,11,13,45-52,54,56-62H,3-4,6,8-10,12,14-44H2,1-2H3,(H,55,63)/b7-5-,13-11-. The number of rotatable bonds is 46. The minimum atomic E-state index is -1.66. The average Bonchev–Trinajstić information content (AvgIpc) is 3.31. The molecular formula is C54H103NO10. The summed E-state index contributed by atoms with van der Waals surface area (Å²) in [5.74, 6) is -0.695. The maximum absolute atomic E-state index is 13.2. The van der Waals surface area contributed by atoms with Gasteiger partial charge in [0.25, 0.3) is 0 Å². The van der Waals surface area contributed by atoms with Gasteiger partial charge < -0.3 is 50.5 Å². The number of carbonyl (C=O) groups excluding carboxylic acids is 1. The van der Waals surface area contributed by atoms with Gasteiger partial charge in [-0.3, -0.25) is 4.79 Å². The van der Waals surface area contributed by atoms with Crippen LogP contribution in [0.3, 0.4) is 0 Å². The number of hydrogen-bond acceptors (Lipinski definition) is 10. The second-order valence-corrected chi connectivity index (χ2v) is 19.3. The van der Waals surface area contributed by atoms with Crippen molar-refractivity contribution < 1.29 is 50.0 Å². The number of unbranched alkanes of at least 4 members (excludes halogenated alkanes) is 30. The van der Waals surface area contributed by atoms with Gasteiger partial charge in [0.2, 0.25) is 5.91 Å². The van der Waals surface area contributed by atoms with Gasteiger partial charge in [-0.2, -0.15) is 0 Å². The summed E-state index contributed by atoms with van der Waals surface area (Å²) >= 11 is 0. The molecule has 0 radical (unpaired) electrons. The zero-order valence-electron chi connectivity index (χ0n) is 41.7. The fraction of sp³-hybridized carbons (Fsp3) is 0.907. The van der Waals surface area contributed by atoms with Gasteiger partial charge in [0.1, 0.15) is 36.6 Å². The van der Waals surface area contributed by atoms with E-state index in [1.165, 1.54) is 154 Å². The molecule has 0 aromatic rings. The molecular weight excluding hydrogens is 823 g/mol. The van der Waals surface area contributed by atoms with Crippen LogP contribution >= 0.6 is 0 Å². The van der Waals surface area contributed by atoms with Crippen LogP contribution in [0.15, 0.2) is 24.3 Å². The molecule has 65 heavy (non-hydrogen) atoms. The molecule has 1 rings (SSSR count). The maximum atomic E-state index is 13.2. The number of aliphatic hydroxyl groups excluding tert-OH is 7. The fourth-order valence-electron chi connectivity index (χ4n) is 8.83. The second kappa shape index (κ2) is 43.8. The van der Waals surface area contributed by atoms with Gasteiger partial charge in [0, 0.05) is 0 Å². The highest BCUT2D eigenvalue weighted by Gasteiger charge is 2.44. The van der Waals surface area contributed by atoms with Crippen molar-refractivity contribution in [3.05, 3.63) is 24.3 Å². The quantitative estimate of drug-likeness (QED) is 0.0216. The highest BCUT2D eigenvalue weighted by molar-refractivity contribution is 5.80. The summed E-state index contributed by atoms with van der Waals surface area (Å²) in [6.45, 7) is 3.37. The molecule has 9 unspecified atom stereocenters. The van der Waals surface area contributed by atoms with E-state index in [2.05, 4.69) is 43.5 Å². The highest BCUT2D eigenvalue weighted by atomic mass is 16.7. The van der Waals surface area contributed by atoms with Gasteiger partial charge in [-0.15, -0.1) is 0 Å². The molecule has 0 aromatic heterocycles. The van der Waals surface area contributed by atoms with Crippen LogP contribution in [0.4, 0.5) is 0 Å². The van der Waals surface area contributed by atoms with Crippen LogP contribution < -0.4 is 5.32 Å². The van der Waals surface area contributed by atoms with Crippen LogP contribution in [0.1, 0.15) is 245 Å². The molecule has 0 aromatic carbocycles. The molecule has 1 aliphatic rings. The number of amides is 1. The molecule has 0 aliphatic carbocycles. The first-order chi connectivity index (χ1) is 31.7. The van der Waals surface area contributed by atoms with Crippen molar-refractivity contribution >= 4 is 5.91 Å². The molecule has 0 spiro atoms. The van der Waals surface area contributed by atoms with Crippen molar-refractivity contribution in [2.45, 2.75) is 300 Å². The van der Waals surface area contributed by atoms with Crippen LogP contribution in [-0.2, 0) is 14.3 Å². The summed E-state index contributed by atoms with van der Waals surface area (Å²) in [5.41, 5.74) is 0. The van der Waals surface area contributed by atoms with E-state index in [0.29, 0.717) is 19.3 Å². The van der Waals surface area contributed by atoms with Gasteiger partial charge >= 0.3 is 0 Å². The Morgan fingerprint density at radius 2 is 0.985 bits per heavy atom. The van der Waals surface area contributed by atoms with Crippen molar-refractivity contribution in [2.24, 2.45) is 0 Å². The molecule has 1 heterocycles. The SMILES string of the molecule is CC/C=C\C/C=C\CCCCCCCCCCCCCCCC(O)C(=O)NC(COC1OC(CO)C(O)C(O)C1O)C(O)C(O)CCCCCCCCCCCCCCCCCCCC. The summed E-state index contributed by atoms with van der Waals surface area (Å²) in [5, 5.41) is 76.1. The summed E-state index contributed by atoms with van der Waals surface area (Å²) in [6.07, 6.45) is 39.3. The lowest BCUT2D eigenvalue weighted by atomic mass is 9.98. The number of carbonyl (C=O) groups is 1. The van der Waals surface area contributed by atoms with E-state index < -0.39 is 74.2 Å². The topological polar surface area (TPSA) is 189 Å². The third-order valence-electron chi connectivity index (χ3n) is 13.3. The molecule has 384 valence electrons. The molecule has 11 nitrogen and oxygen atoms in total. The molecule has 1 aliphatic heterocycles. The number of nitrogens with one attached hydrogen (secondary N) is 1. The van der Waals surface area contributed by atoms with Crippen LogP contribution in [0.25, 0.3) is 0 Å². The summed E-state index contributed by atoms with van der Waals surface area (Å²) in [4.78, 5) is 13.2. The first-order valence-electron chi connectivity index (χ1n) is 27.2. The van der Waals surface area contributed by atoms with Crippen LogP contribution in [0, 0.1) is 0 Å². The number of hydrogen-bond donors (Lipinski definition) is 8. The summed E-state index contributed by atoms with van der Waals surface area (Å²) < 4.78 is 11.1. The Bertz CT molecular complexity index is 1110. The Balaban J connectivity index is 2.34. The Hall–Kier alpha value is -1.41. The third kappa shape index (κ3) is 32.9. The Labute approximate surface area is 397 Å². The zero-order chi connectivity index (χ0) is 47.6. The molecule has 0 bridgehead atoms. The lowest BCUT2D eigenvalue weighted by Gasteiger charge is -2.40. The zero-order valence-corrected chi connectivity index (χ0v) is 41.7. The van der Waals surface area contributed by atoms with Crippen molar-refractivity contribution in [3.8, 4) is 0 Å². The van der Waals surface area contributed by atoms with E-state index in [0.717, 1.165) is 51.4 Å². The molecule has 8 N–H and O–H groups in total. The van der Waals surface area contributed by atoms with Crippen molar-refractivity contribution in [1.29, 1.82) is 0 Å². The van der Waals surface area contributed by atoms with Crippen LogP contribution in [0.2, 0.25) is 0 Å². The Kier molecular flexibility index (Phi) is 41.6. The average molecular weight is 926 g/mol. The second-order valence-electron chi connectivity index (χ2n) is 19.3. The lowest BCUT2D eigenvalue weighted by Crippen LogP contribution is -2.60. The van der Waals surface area contributed by atoms with Gasteiger partial charge in [0.15, 0.2) is 6.29 Å². The predicted molar refractivity (Wildman–Crippen MR) is 266 cm³/mol. The maximum Gasteiger partial charge on any atom is 0.249 e. The highest BCUT2D eigenvalue weighted by Crippen LogP contribution is 2.23. The van der Waals surface area contributed by atoms with E-state index in [4.69, 9.17) is 9.47 Å². The van der Waals surface area contributed by atoms with Gasteiger partial charge in [-0.05, 0) is 38.5 Å². The minimum absolute atomic E-state index is 0.261. The predicted octanol–water partition coefficient (Wildman–Crippen LogP) is 10.6. The van der Waals surface area contributed by atoms with Gasteiger partial charge in [-0.25, -0.2) is 0 Å². The monoisotopic (exact) mass is 926 g/mol. The molecule has 1 saturated heterocycles. The van der Waals surface area contributed by atoms with E-state index in [1.54, 1.807) is 0 Å². The third-order valence-corrected chi connectivity index (χ3v) is 13.3. The normalized spacial score (nSPS) is 21.0. The number of ether oxygens (including phenoxy) is 2. The summed E-state index contributed by atoms with van der Waals surface area (Å²) in [6, 6.07) is -1.17. The first kappa shape index (κ1) is 61.6. The fourth-order valence-corrected chi connectivity index (χ4v) is 8.83. The van der Waals surface area contributed by atoms with Crippen molar-refractivity contribution in [3.63, 3.8) is 0 Å². The first-order valence-corrected chi connectivity index (χ1v) is 27.2. The van der Waals surface area contributed by atoms with Crippen molar-refractivity contribution in [2.75, 3.05) is 13.2 Å². The van der Waals surface area contributed by atoms with E-state index in [9.17, 15) is 40.5 Å². The molecule has 0 saturated carbocycles. The molecule has 9 atom stereocenters. The van der Waals surface area contributed by atoms with E-state index >= 15 is 0 Å². The van der Waals surface area contributed by atoms with Crippen molar-refractivity contribution in [1.82, 2.24) is 5.32 Å². The molecule has 11 heteroatoms. The van der Waals surface area contributed by atoms with Crippen LogP contribution in [0.5, 0.6) is 0 Å². The van der Waals surface area contributed by atoms with E-state index in [1.807, 2.05) is 0 Å². The minimum Gasteiger partial charge on any atom is -0.394 e. The molecule has 1 amide bonds. The number of aliphatic hydroxyl groups is 7. The van der Waals surface area contributed by atoms with Gasteiger partial charge in [0.05, 0.1) is 25.4 Å². The Morgan fingerprint density at radius 3 is 1.45 bits per heavy atom. The van der Waals surface area contributed by atoms with Gasteiger partial charge in [-0.1, -0.05) is 231 Å². The number of allylic oxidation sites excluding steroid dienone is 4. The smallest absolute Gasteiger partial charge is 0.249 e. The van der Waals surface area contributed by atoms with Crippen LogP contribution in [-0.4, -0.2) is 110 Å². The Morgan fingerprint density at radius 1 is 0.554 bits per heavy atom. The van der Waals surface area contributed by atoms with E-state index in [-0.39, 0.29) is 6.42 Å². The molecule has 1 fully saturated rings.